The van der Waals surface area contributed by atoms with E-state index in [1.165, 1.54) is 30.1 Å². The molecule has 2 rings (SSSR count). The number of halogens is 3. The molecule has 0 aliphatic heterocycles. The Bertz CT molecular complexity index is 822. The highest BCUT2D eigenvalue weighted by atomic mass is 19.4. The van der Waals surface area contributed by atoms with Crippen molar-refractivity contribution in [2.75, 3.05) is 30.8 Å². The van der Waals surface area contributed by atoms with Gasteiger partial charge in [-0.05, 0) is 37.7 Å². The van der Waals surface area contributed by atoms with E-state index in [1.54, 1.807) is 12.1 Å². The van der Waals surface area contributed by atoms with Crippen LogP contribution >= 0.6 is 0 Å². The minimum Gasteiger partial charge on any atom is -0.325 e. The predicted molar refractivity (Wildman–Crippen MR) is 97.4 cm³/mol. The summed E-state index contributed by atoms with van der Waals surface area (Å²) in [7, 11) is 1.53. The summed E-state index contributed by atoms with van der Waals surface area (Å²) in [6.45, 7) is 1.54. The Morgan fingerprint density at radius 2 is 1.37 bits per heavy atom. The number of benzene rings is 2. The molecule has 2 aromatic carbocycles. The van der Waals surface area contributed by atoms with Gasteiger partial charge in [0.1, 0.15) is 0 Å². The lowest BCUT2D eigenvalue weighted by atomic mass is 10.1. The van der Waals surface area contributed by atoms with Gasteiger partial charge in [-0.2, -0.15) is 13.2 Å². The fourth-order valence-corrected chi connectivity index (χ4v) is 2.48. The molecule has 0 bridgehead atoms. The summed E-state index contributed by atoms with van der Waals surface area (Å²) in [5.41, 5.74) is 0.334. The summed E-state index contributed by atoms with van der Waals surface area (Å²) in [6, 6.07) is 12.0. The van der Waals surface area contributed by atoms with Crippen molar-refractivity contribution in [3.05, 3.63) is 59.7 Å². The van der Waals surface area contributed by atoms with Gasteiger partial charge < -0.3 is 10.6 Å². The van der Waals surface area contributed by atoms with Crippen LogP contribution in [0.4, 0.5) is 24.5 Å². The van der Waals surface area contributed by atoms with Crippen molar-refractivity contribution in [2.45, 2.75) is 13.1 Å². The average Bonchev–Trinajstić information content (AvgIpc) is 2.56. The van der Waals surface area contributed by atoms with Crippen molar-refractivity contribution in [2.24, 2.45) is 0 Å². The van der Waals surface area contributed by atoms with Crippen molar-refractivity contribution in [1.82, 2.24) is 4.90 Å². The van der Waals surface area contributed by atoms with Crippen molar-refractivity contribution in [3.8, 4) is 0 Å². The number of nitrogens with one attached hydrogen (secondary N) is 2. The monoisotopic (exact) mass is 379 g/mol. The maximum absolute atomic E-state index is 13.0. The molecule has 0 fully saturated rings. The van der Waals surface area contributed by atoms with E-state index in [-0.39, 0.29) is 24.7 Å². The number of para-hydroxylation sites is 2. The highest BCUT2D eigenvalue weighted by molar-refractivity contribution is 5.95. The molecule has 0 saturated heterocycles. The topological polar surface area (TPSA) is 61.4 Å². The van der Waals surface area contributed by atoms with Crippen molar-refractivity contribution < 1.29 is 22.8 Å². The van der Waals surface area contributed by atoms with E-state index in [0.717, 1.165) is 11.6 Å². The molecule has 27 heavy (non-hydrogen) atoms. The number of carbonyl (C=O) groups excluding carboxylic acids is 2. The van der Waals surface area contributed by atoms with E-state index >= 15 is 0 Å². The third kappa shape index (κ3) is 6.10. The molecule has 0 atom stereocenters. The fraction of sp³-hybridized carbons (Fsp3) is 0.263. The second kappa shape index (κ2) is 8.68. The molecule has 144 valence electrons. The standard InChI is InChI=1S/C19H20F3N3O2/c1-13-7-3-5-9-15(13)23-17(26)11-25(2)12-18(27)24-16-10-6-4-8-14(16)19(20,21)22/h3-10H,11-12H2,1-2H3,(H,23,26)(H,24,27). The number of amides is 2. The number of carbonyl (C=O) groups is 2. The largest absolute Gasteiger partial charge is 0.418 e. The Morgan fingerprint density at radius 1 is 0.889 bits per heavy atom. The first-order valence-corrected chi connectivity index (χ1v) is 8.17. The maximum atomic E-state index is 13.0. The maximum Gasteiger partial charge on any atom is 0.418 e. The van der Waals surface area contributed by atoms with E-state index in [0.29, 0.717) is 5.69 Å². The minimum atomic E-state index is -4.57. The van der Waals surface area contributed by atoms with Crippen LogP contribution in [0.2, 0.25) is 0 Å². The second-order valence-electron chi connectivity index (χ2n) is 6.13. The minimum absolute atomic E-state index is 0.0807. The highest BCUT2D eigenvalue weighted by Crippen LogP contribution is 2.34. The van der Waals surface area contributed by atoms with Crippen LogP contribution in [0.1, 0.15) is 11.1 Å². The van der Waals surface area contributed by atoms with Gasteiger partial charge in [0.25, 0.3) is 0 Å². The first kappa shape index (κ1) is 20.4. The van der Waals surface area contributed by atoms with Crippen molar-refractivity contribution >= 4 is 23.2 Å². The van der Waals surface area contributed by atoms with Gasteiger partial charge in [-0.25, -0.2) is 0 Å². The number of hydrogen-bond acceptors (Lipinski definition) is 3. The van der Waals surface area contributed by atoms with Crippen LogP contribution in [0.3, 0.4) is 0 Å². The zero-order valence-corrected chi connectivity index (χ0v) is 14.9. The quantitative estimate of drug-likeness (QED) is 0.807. The summed E-state index contributed by atoms with van der Waals surface area (Å²) in [6.07, 6.45) is -4.57. The smallest absolute Gasteiger partial charge is 0.325 e. The Labute approximate surface area is 155 Å². The Kier molecular flexibility index (Phi) is 6.57. The molecular weight excluding hydrogens is 359 g/mol. The number of nitrogens with zero attached hydrogens (tertiary/aromatic N) is 1. The third-order valence-electron chi connectivity index (χ3n) is 3.75. The molecule has 0 aliphatic rings. The van der Waals surface area contributed by atoms with E-state index in [4.69, 9.17) is 0 Å². The molecule has 8 heteroatoms. The second-order valence-corrected chi connectivity index (χ2v) is 6.13. The number of aryl methyl sites for hydroxylation is 1. The summed E-state index contributed by atoms with van der Waals surface area (Å²) in [4.78, 5) is 25.5. The summed E-state index contributed by atoms with van der Waals surface area (Å²) in [5, 5.41) is 4.98. The first-order chi connectivity index (χ1) is 12.7. The first-order valence-electron chi connectivity index (χ1n) is 8.17. The average molecular weight is 379 g/mol. The molecule has 2 N–H and O–H groups in total. The molecule has 0 saturated carbocycles. The number of hydrogen-bond donors (Lipinski definition) is 2. The van der Waals surface area contributed by atoms with Crippen LogP contribution in [-0.4, -0.2) is 36.9 Å². The molecule has 0 aromatic heterocycles. The molecule has 0 unspecified atom stereocenters. The van der Waals surface area contributed by atoms with E-state index in [9.17, 15) is 22.8 Å². The predicted octanol–water partition coefficient (Wildman–Crippen LogP) is 3.52. The van der Waals surface area contributed by atoms with Gasteiger partial charge in [0.05, 0.1) is 24.3 Å². The van der Waals surface area contributed by atoms with Crippen LogP contribution in [0.25, 0.3) is 0 Å². The number of alkyl halides is 3. The number of likely N-dealkylation sites (N-methyl/N-ethyl adjacent to an activating group) is 1. The fourth-order valence-electron chi connectivity index (χ4n) is 2.48. The Balaban J connectivity index is 1.91. The lowest BCUT2D eigenvalue weighted by Crippen LogP contribution is -2.36. The van der Waals surface area contributed by atoms with Crippen LogP contribution in [0.5, 0.6) is 0 Å². The molecule has 5 nitrogen and oxygen atoms in total. The van der Waals surface area contributed by atoms with Gasteiger partial charge in [-0.1, -0.05) is 30.3 Å². The van der Waals surface area contributed by atoms with Crippen LogP contribution < -0.4 is 10.6 Å². The van der Waals surface area contributed by atoms with E-state index in [1.807, 2.05) is 19.1 Å². The summed E-state index contributed by atoms with van der Waals surface area (Å²) < 4.78 is 38.9. The van der Waals surface area contributed by atoms with E-state index < -0.39 is 17.6 Å². The third-order valence-corrected chi connectivity index (χ3v) is 3.75. The normalized spacial score (nSPS) is 11.3. The Morgan fingerprint density at radius 3 is 1.93 bits per heavy atom. The zero-order chi connectivity index (χ0) is 20.0. The van der Waals surface area contributed by atoms with Gasteiger partial charge >= 0.3 is 6.18 Å². The van der Waals surface area contributed by atoms with Gasteiger partial charge in [0, 0.05) is 5.69 Å². The van der Waals surface area contributed by atoms with Gasteiger partial charge in [0.15, 0.2) is 0 Å². The summed E-state index contributed by atoms with van der Waals surface area (Å²) in [5.74, 6) is -0.965. The molecule has 2 amide bonds. The van der Waals surface area contributed by atoms with Crippen molar-refractivity contribution in [3.63, 3.8) is 0 Å². The van der Waals surface area contributed by atoms with Crippen LogP contribution in [0.15, 0.2) is 48.5 Å². The SMILES string of the molecule is Cc1ccccc1NC(=O)CN(C)CC(=O)Nc1ccccc1C(F)(F)F. The number of rotatable bonds is 6. The van der Waals surface area contributed by atoms with Gasteiger partial charge in [0.2, 0.25) is 11.8 Å². The lowest BCUT2D eigenvalue weighted by molar-refractivity contribution is -0.137. The molecule has 0 aliphatic carbocycles. The molecule has 0 radical (unpaired) electrons. The van der Waals surface area contributed by atoms with Crippen LogP contribution in [0, 0.1) is 6.92 Å². The van der Waals surface area contributed by atoms with Gasteiger partial charge in [-0.3, -0.25) is 14.5 Å². The molecule has 0 heterocycles. The number of anilines is 2. The van der Waals surface area contributed by atoms with Gasteiger partial charge in [-0.15, -0.1) is 0 Å². The van der Waals surface area contributed by atoms with Crippen molar-refractivity contribution in [1.29, 1.82) is 0 Å². The Hall–Kier alpha value is -2.87. The van der Waals surface area contributed by atoms with Crippen LogP contribution in [-0.2, 0) is 15.8 Å². The zero-order valence-electron chi connectivity index (χ0n) is 14.9. The molecule has 2 aromatic rings. The van der Waals surface area contributed by atoms with E-state index in [2.05, 4.69) is 10.6 Å². The lowest BCUT2D eigenvalue weighted by Gasteiger charge is -2.18. The summed E-state index contributed by atoms with van der Waals surface area (Å²) >= 11 is 0. The highest BCUT2D eigenvalue weighted by Gasteiger charge is 2.33. The molecular formula is C19H20F3N3O2. The molecule has 0 spiro atoms.